The van der Waals surface area contributed by atoms with Crippen LogP contribution in [0.2, 0.25) is 0 Å². The van der Waals surface area contributed by atoms with Crippen LogP contribution >= 0.6 is 0 Å². The number of aromatic nitrogens is 2. The van der Waals surface area contributed by atoms with E-state index in [0.29, 0.717) is 22.8 Å². The van der Waals surface area contributed by atoms with Gasteiger partial charge in [0.15, 0.2) is 5.82 Å². The molecule has 8 aromatic carbocycles. The maximum absolute atomic E-state index is 6.72. The number of hydrogen-bond donors (Lipinski definition) is 0. The molecule has 1 atom stereocenters. The molecule has 0 fully saturated rings. The van der Waals surface area contributed by atoms with Gasteiger partial charge in [-0.3, -0.25) is 0 Å². The molecule has 1 unspecified atom stereocenters. The van der Waals surface area contributed by atoms with Crippen LogP contribution in [0.15, 0.2) is 164 Å². The summed E-state index contributed by atoms with van der Waals surface area (Å²) in [6, 6.07) is 57.9. The van der Waals surface area contributed by atoms with E-state index in [9.17, 15) is 0 Å². The first-order chi connectivity index (χ1) is 28.4. The van der Waals surface area contributed by atoms with Crippen LogP contribution in [0.25, 0.3) is 78.1 Å². The molecule has 2 aliphatic carbocycles. The van der Waals surface area contributed by atoms with Crippen molar-refractivity contribution < 1.29 is 0 Å². The van der Waals surface area contributed by atoms with Gasteiger partial charge in [0.1, 0.15) is 39.2 Å². The Morgan fingerprint density at radius 3 is 1.64 bits per heavy atom. The van der Waals surface area contributed by atoms with Crippen molar-refractivity contribution in [2.24, 2.45) is 0 Å². The van der Waals surface area contributed by atoms with E-state index in [1.807, 2.05) is 36.4 Å². The third-order valence-corrected chi connectivity index (χ3v) is 12.2. The molecule has 0 aliphatic heterocycles. The highest BCUT2D eigenvalue weighted by Crippen LogP contribution is 2.64. The lowest BCUT2D eigenvalue weighted by Gasteiger charge is -2.30. The summed E-state index contributed by atoms with van der Waals surface area (Å²) in [5.74, 6) is 0.500. The van der Waals surface area contributed by atoms with Gasteiger partial charge in [0, 0.05) is 11.1 Å². The summed E-state index contributed by atoms with van der Waals surface area (Å²) in [6.45, 7) is 0. The third-order valence-electron chi connectivity index (χ3n) is 12.2. The van der Waals surface area contributed by atoms with E-state index in [2.05, 4.69) is 127 Å². The van der Waals surface area contributed by atoms with Gasteiger partial charge in [0.05, 0.1) is 16.8 Å². The maximum atomic E-state index is 6.72. The van der Waals surface area contributed by atoms with Gasteiger partial charge in [-0.15, -0.1) is 16.4 Å². The van der Waals surface area contributed by atoms with Crippen molar-refractivity contribution in [3.63, 3.8) is 0 Å². The van der Waals surface area contributed by atoms with Gasteiger partial charge in [0.2, 0.25) is 0 Å². The molecule has 2 aliphatic rings. The van der Waals surface area contributed by atoms with Crippen LogP contribution in [0.3, 0.4) is 0 Å². The molecule has 1 aromatic heterocycles. The minimum atomic E-state index is -0.560. The number of fused-ring (bicyclic) bond motifs is 12. The standard InChI is InChI=1S/C51H27B5N2/c52-45-44(46(53)48(55)49(56)47(45)54)41-27-40(57-50(58-41)31-16-10-15-30(26-31)28-12-2-1-3-13-28)35-20-11-23-38-43(35)34-19-7-9-22-37(34)51(38)36-21-8-6-18-33(36)42-32-17-5-4-14-29(32)24-25-39(42)51/h1-27H. The molecule has 256 valence electrons. The fraction of sp³-hybridized carbons (Fsp3) is 0.0196. The third kappa shape index (κ3) is 4.80. The van der Waals surface area contributed by atoms with Gasteiger partial charge in [-0.2, -0.15) is 0 Å². The topological polar surface area (TPSA) is 25.8 Å². The van der Waals surface area contributed by atoms with Crippen LogP contribution in [0.5, 0.6) is 0 Å². The van der Waals surface area contributed by atoms with Crippen molar-refractivity contribution in [1.29, 1.82) is 0 Å². The van der Waals surface area contributed by atoms with Crippen LogP contribution in [0, 0.1) is 0 Å². The number of rotatable bonds is 4. The van der Waals surface area contributed by atoms with Crippen LogP contribution in [0.1, 0.15) is 22.3 Å². The lowest BCUT2D eigenvalue weighted by atomic mass is 9.60. The molecule has 0 saturated heterocycles. The van der Waals surface area contributed by atoms with Gasteiger partial charge in [-0.1, -0.05) is 163 Å². The molecule has 58 heavy (non-hydrogen) atoms. The van der Waals surface area contributed by atoms with Crippen molar-refractivity contribution in [2.75, 3.05) is 0 Å². The Kier molecular flexibility index (Phi) is 7.75. The van der Waals surface area contributed by atoms with Crippen LogP contribution in [-0.4, -0.2) is 49.2 Å². The summed E-state index contributed by atoms with van der Waals surface area (Å²) < 4.78 is 0. The fourth-order valence-electron chi connectivity index (χ4n) is 9.61. The Hall–Kier alpha value is -6.58. The van der Waals surface area contributed by atoms with E-state index in [4.69, 9.17) is 49.2 Å². The zero-order valence-corrected chi connectivity index (χ0v) is 31.4. The molecule has 7 heteroatoms. The fourth-order valence-corrected chi connectivity index (χ4v) is 9.61. The highest BCUT2D eigenvalue weighted by molar-refractivity contribution is 6.68. The quantitative estimate of drug-likeness (QED) is 0.191. The van der Waals surface area contributed by atoms with E-state index in [0.717, 1.165) is 33.4 Å². The Bertz CT molecular complexity index is 3170. The summed E-state index contributed by atoms with van der Waals surface area (Å²) in [5.41, 5.74) is 15.6. The van der Waals surface area contributed by atoms with Gasteiger partial charge in [0.25, 0.3) is 0 Å². The molecular formula is C51H27B5N2. The molecule has 0 bridgehead atoms. The van der Waals surface area contributed by atoms with Crippen molar-refractivity contribution in [2.45, 2.75) is 5.41 Å². The minimum Gasteiger partial charge on any atom is -0.228 e. The minimum absolute atomic E-state index is 0.150. The molecule has 0 amide bonds. The Morgan fingerprint density at radius 2 is 0.879 bits per heavy atom. The van der Waals surface area contributed by atoms with Gasteiger partial charge in [-0.05, 0) is 84.1 Å². The average Bonchev–Trinajstić information content (AvgIpc) is 3.76. The van der Waals surface area contributed by atoms with Crippen molar-refractivity contribution >= 4 is 77.3 Å². The second-order valence-corrected chi connectivity index (χ2v) is 15.1. The summed E-state index contributed by atoms with van der Waals surface area (Å²) in [5, 5.41) is 2.46. The number of nitrogens with zero attached hydrogens (tertiary/aromatic N) is 2. The first kappa shape index (κ1) is 34.7. The summed E-state index contributed by atoms with van der Waals surface area (Å²) in [7, 11) is 32.6. The lowest BCUT2D eigenvalue weighted by molar-refractivity contribution is 0.794. The van der Waals surface area contributed by atoms with Crippen molar-refractivity contribution in [3.05, 3.63) is 186 Å². The van der Waals surface area contributed by atoms with Crippen LogP contribution < -0.4 is 27.3 Å². The second kappa shape index (κ2) is 13.0. The highest BCUT2D eigenvalue weighted by Gasteiger charge is 2.52. The van der Waals surface area contributed by atoms with Gasteiger partial charge < -0.3 is 0 Å². The lowest BCUT2D eigenvalue weighted by Crippen LogP contribution is -2.55. The van der Waals surface area contributed by atoms with E-state index < -0.39 is 5.41 Å². The van der Waals surface area contributed by atoms with Gasteiger partial charge in [-0.25, -0.2) is 9.97 Å². The molecule has 10 radical (unpaired) electrons. The zero-order valence-electron chi connectivity index (χ0n) is 31.4. The summed E-state index contributed by atoms with van der Waals surface area (Å²) in [6.07, 6.45) is 0. The SMILES string of the molecule is [B]c1c([B])c([B])c(-c2cc(-c3cccc4c3-c3ccccc3C43c4ccccc4-c4c3ccc3ccccc43)nc(-c3cccc(-c4ccccc4)c3)n2)c([B])c1[B]. The molecule has 0 saturated carbocycles. The Balaban J connectivity index is 1.21. The van der Waals surface area contributed by atoms with Crippen LogP contribution in [0.4, 0.5) is 0 Å². The summed E-state index contributed by atoms with van der Waals surface area (Å²) in [4.78, 5) is 10.5. The zero-order chi connectivity index (χ0) is 39.3. The molecule has 1 spiro atoms. The highest BCUT2D eigenvalue weighted by atomic mass is 14.9. The Morgan fingerprint density at radius 1 is 0.345 bits per heavy atom. The predicted molar refractivity (Wildman–Crippen MR) is 245 cm³/mol. The molecule has 11 rings (SSSR count). The van der Waals surface area contributed by atoms with E-state index in [1.54, 1.807) is 0 Å². The van der Waals surface area contributed by atoms with Crippen LogP contribution in [-0.2, 0) is 5.41 Å². The molecule has 2 nitrogen and oxygen atoms in total. The first-order valence-electron chi connectivity index (χ1n) is 19.3. The number of benzene rings is 8. The molecule has 9 aromatic rings. The first-order valence-corrected chi connectivity index (χ1v) is 19.3. The Labute approximate surface area is 344 Å². The van der Waals surface area contributed by atoms with Gasteiger partial charge >= 0.3 is 0 Å². The number of hydrogen-bond acceptors (Lipinski definition) is 2. The maximum Gasteiger partial charge on any atom is 0.160 e. The van der Waals surface area contributed by atoms with E-state index in [1.165, 1.54) is 44.2 Å². The smallest absolute Gasteiger partial charge is 0.160 e. The van der Waals surface area contributed by atoms with E-state index in [-0.39, 0.29) is 27.3 Å². The monoisotopic (exact) mass is 722 g/mol. The van der Waals surface area contributed by atoms with E-state index >= 15 is 0 Å². The summed E-state index contributed by atoms with van der Waals surface area (Å²) >= 11 is 0. The van der Waals surface area contributed by atoms with Crippen molar-refractivity contribution in [3.8, 4) is 67.3 Å². The predicted octanol–water partition coefficient (Wildman–Crippen LogP) is 6.61. The average molecular weight is 722 g/mol. The van der Waals surface area contributed by atoms with Crippen molar-refractivity contribution in [1.82, 2.24) is 9.97 Å². The molecule has 1 heterocycles. The molecular weight excluding hydrogens is 695 g/mol. The largest absolute Gasteiger partial charge is 0.228 e. The second-order valence-electron chi connectivity index (χ2n) is 15.1. The normalized spacial score (nSPS) is 14.6. The molecule has 0 N–H and O–H groups in total.